The average molecular weight is 268 g/mol. The van der Waals surface area contributed by atoms with Crippen LogP contribution in [0.3, 0.4) is 0 Å². The number of methoxy groups -OCH3 is 1. The highest BCUT2D eigenvalue weighted by Gasteiger charge is 2.23. The van der Waals surface area contributed by atoms with Gasteiger partial charge in [-0.2, -0.15) is 5.26 Å². The molecule has 0 atom stereocenters. The molecule has 0 amide bonds. The molecule has 0 N–H and O–H groups in total. The van der Waals surface area contributed by atoms with E-state index in [1.54, 1.807) is 19.9 Å². The topological polar surface area (TPSA) is 53.3 Å². The van der Waals surface area contributed by atoms with Crippen LogP contribution in [0, 0.1) is 23.0 Å². The van der Waals surface area contributed by atoms with E-state index < -0.39 is 17.6 Å². The van der Waals surface area contributed by atoms with Crippen LogP contribution in [0.25, 0.3) is 0 Å². The number of nitriles is 1. The van der Waals surface area contributed by atoms with Crippen molar-refractivity contribution in [3.8, 4) is 6.07 Å². The third-order valence-electron chi connectivity index (χ3n) is 2.58. The van der Waals surface area contributed by atoms with E-state index in [4.69, 9.17) is 5.26 Å². The Morgan fingerprint density at radius 3 is 2.32 bits per heavy atom. The first kappa shape index (κ1) is 14.9. The number of anilines is 1. The van der Waals surface area contributed by atoms with E-state index in [1.807, 2.05) is 0 Å². The van der Waals surface area contributed by atoms with E-state index in [2.05, 4.69) is 4.74 Å². The molecule has 0 spiro atoms. The summed E-state index contributed by atoms with van der Waals surface area (Å²) < 4.78 is 32.3. The molecule has 19 heavy (non-hydrogen) atoms. The van der Waals surface area contributed by atoms with Crippen molar-refractivity contribution in [2.45, 2.75) is 19.9 Å². The van der Waals surface area contributed by atoms with Gasteiger partial charge >= 0.3 is 5.97 Å². The molecule has 0 saturated heterocycles. The molecule has 0 saturated carbocycles. The number of rotatable bonds is 4. The van der Waals surface area contributed by atoms with Gasteiger partial charge in [-0.05, 0) is 26.0 Å². The maximum atomic E-state index is 13.9. The second-order valence-corrected chi connectivity index (χ2v) is 4.20. The average Bonchev–Trinajstić information content (AvgIpc) is 2.35. The van der Waals surface area contributed by atoms with Gasteiger partial charge in [0.25, 0.3) is 0 Å². The number of nitrogens with zero attached hydrogens (tertiary/aromatic N) is 2. The molecule has 4 nitrogen and oxygen atoms in total. The fourth-order valence-electron chi connectivity index (χ4n) is 1.63. The number of halogens is 2. The predicted octanol–water partition coefficient (Wildman–Crippen LogP) is 2.22. The van der Waals surface area contributed by atoms with Crippen LogP contribution >= 0.6 is 0 Å². The summed E-state index contributed by atoms with van der Waals surface area (Å²) in [6, 6.07) is 3.23. The zero-order chi connectivity index (χ0) is 14.6. The lowest BCUT2D eigenvalue weighted by molar-refractivity contribution is -0.139. The quantitative estimate of drug-likeness (QED) is 0.786. The van der Waals surface area contributed by atoms with Crippen molar-refractivity contribution in [1.29, 1.82) is 5.26 Å². The van der Waals surface area contributed by atoms with Crippen LogP contribution in [-0.4, -0.2) is 25.7 Å². The number of ether oxygens (including phenoxy) is 1. The molecule has 1 aromatic carbocycles. The molecule has 102 valence electrons. The summed E-state index contributed by atoms with van der Waals surface area (Å²) in [7, 11) is 1.20. The van der Waals surface area contributed by atoms with E-state index in [0.29, 0.717) is 0 Å². The van der Waals surface area contributed by atoms with Crippen LogP contribution < -0.4 is 4.90 Å². The fraction of sp³-hybridized carbons (Fsp3) is 0.385. The Kier molecular flexibility index (Phi) is 4.81. The van der Waals surface area contributed by atoms with E-state index in [1.165, 1.54) is 12.0 Å². The first-order chi connectivity index (χ1) is 8.90. The maximum absolute atomic E-state index is 13.9. The van der Waals surface area contributed by atoms with Gasteiger partial charge in [0.1, 0.15) is 12.2 Å². The Hall–Kier alpha value is -2.16. The second kappa shape index (κ2) is 6.14. The van der Waals surface area contributed by atoms with Crippen LogP contribution in [0.15, 0.2) is 12.1 Å². The van der Waals surface area contributed by atoms with Gasteiger partial charge in [-0.25, -0.2) is 8.78 Å². The van der Waals surface area contributed by atoms with Crippen LogP contribution in [0.4, 0.5) is 14.5 Å². The summed E-state index contributed by atoms with van der Waals surface area (Å²) in [4.78, 5) is 12.5. The minimum absolute atomic E-state index is 0.111. The van der Waals surface area contributed by atoms with Gasteiger partial charge < -0.3 is 9.64 Å². The van der Waals surface area contributed by atoms with Crippen molar-refractivity contribution < 1.29 is 18.3 Å². The molecule has 0 aromatic heterocycles. The van der Waals surface area contributed by atoms with Gasteiger partial charge in [0.05, 0.1) is 18.7 Å². The van der Waals surface area contributed by atoms with Crippen molar-refractivity contribution in [3.63, 3.8) is 0 Å². The first-order valence-corrected chi connectivity index (χ1v) is 5.63. The highest BCUT2D eigenvalue weighted by atomic mass is 19.1. The van der Waals surface area contributed by atoms with E-state index in [-0.39, 0.29) is 23.8 Å². The van der Waals surface area contributed by atoms with Crippen molar-refractivity contribution in [3.05, 3.63) is 29.3 Å². The smallest absolute Gasteiger partial charge is 0.325 e. The molecule has 6 heteroatoms. The Morgan fingerprint density at radius 1 is 1.42 bits per heavy atom. The van der Waals surface area contributed by atoms with Crippen LogP contribution in [-0.2, 0) is 9.53 Å². The van der Waals surface area contributed by atoms with Crippen molar-refractivity contribution in [1.82, 2.24) is 0 Å². The first-order valence-electron chi connectivity index (χ1n) is 5.63. The summed E-state index contributed by atoms with van der Waals surface area (Å²) in [5.41, 5.74) is -0.445. The third kappa shape index (κ3) is 3.41. The van der Waals surface area contributed by atoms with E-state index in [0.717, 1.165) is 12.1 Å². The molecule has 0 bridgehead atoms. The standard InChI is InChI=1S/C13H14F2N2O2/c1-8(2)17(7-12(18)19-3)13-10(14)4-9(6-16)5-11(13)15/h4-5,8H,7H2,1-3H3. The Labute approximate surface area is 110 Å². The molecule has 1 aromatic rings. The molecule has 0 unspecified atom stereocenters. The van der Waals surface area contributed by atoms with Gasteiger partial charge in [-0.3, -0.25) is 4.79 Å². The number of hydrogen-bond acceptors (Lipinski definition) is 4. The zero-order valence-electron chi connectivity index (χ0n) is 10.9. The number of carbonyl (C=O) groups excluding carboxylic acids is 1. The summed E-state index contributed by atoms with van der Waals surface area (Å²) in [5.74, 6) is -2.36. The van der Waals surface area contributed by atoms with Gasteiger partial charge in [0.15, 0.2) is 11.6 Å². The van der Waals surface area contributed by atoms with Gasteiger partial charge in [-0.15, -0.1) is 0 Å². The molecule has 1 rings (SSSR count). The van der Waals surface area contributed by atoms with Crippen LogP contribution in [0.5, 0.6) is 0 Å². The van der Waals surface area contributed by atoms with E-state index >= 15 is 0 Å². The Bertz CT molecular complexity index is 501. The van der Waals surface area contributed by atoms with E-state index in [9.17, 15) is 13.6 Å². The van der Waals surface area contributed by atoms with Crippen LogP contribution in [0.2, 0.25) is 0 Å². The SMILES string of the molecule is COC(=O)CN(c1c(F)cc(C#N)cc1F)C(C)C. The largest absolute Gasteiger partial charge is 0.468 e. The molecular formula is C13H14F2N2O2. The third-order valence-corrected chi connectivity index (χ3v) is 2.58. The summed E-state index contributed by atoms with van der Waals surface area (Å²) in [5, 5.41) is 8.64. The lowest BCUT2D eigenvalue weighted by Crippen LogP contribution is -2.37. The highest BCUT2D eigenvalue weighted by Crippen LogP contribution is 2.26. The zero-order valence-corrected chi connectivity index (χ0v) is 10.9. The highest BCUT2D eigenvalue weighted by molar-refractivity contribution is 5.76. The number of benzene rings is 1. The Balaban J connectivity index is 3.24. The number of carbonyl (C=O) groups is 1. The normalized spacial score (nSPS) is 10.2. The molecule has 0 aliphatic rings. The van der Waals surface area contributed by atoms with Gasteiger partial charge in [0, 0.05) is 6.04 Å². The summed E-state index contributed by atoms with van der Waals surface area (Å²) >= 11 is 0. The van der Waals surface area contributed by atoms with Gasteiger partial charge in [-0.1, -0.05) is 0 Å². The van der Waals surface area contributed by atoms with Crippen molar-refractivity contribution in [2.75, 3.05) is 18.6 Å². The molecular weight excluding hydrogens is 254 g/mol. The molecule has 0 aliphatic carbocycles. The minimum atomic E-state index is -0.880. The Morgan fingerprint density at radius 2 is 1.95 bits per heavy atom. The lowest BCUT2D eigenvalue weighted by Gasteiger charge is -2.28. The minimum Gasteiger partial charge on any atom is -0.468 e. The summed E-state index contributed by atoms with van der Waals surface area (Å²) in [6.07, 6.45) is 0. The number of hydrogen-bond donors (Lipinski definition) is 0. The van der Waals surface area contributed by atoms with Crippen molar-refractivity contribution >= 4 is 11.7 Å². The van der Waals surface area contributed by atoms with Crippen molar-refractivity contribution in [2.24, 2.45) is 0 Å². The monoisotopic (exact) mass is 268 g/mol. The van der Waals surface area contributed by atoms with Gasteiger partial charge in [0.2, 0.25) is 0 Å². The lowest BCUT2D eigenvalue weighted by atomic mass is 10.1. The summed E-state index contributed by atoms with van der Waals surface area (Å²) in [6.45, 7) is 3.12. The maximum Gasteiger partial charge on any atom is 0.325 e. The second-order valence-electron chi connectivity index (χ2n) is 4.20. The predicted molar refractivity (Wildman–Crippen MR) is 65.6 cm³/mol. The molecule has 0 fully saturated rings. The molecule has 0 radical (unpaired) electrons. The molecule has 0 aliphatic heterocycles. The van der Waals surface area contributed by atoms with Crippen LogP contribution in [0.1, 0.15) is 19.4 Å². The fourth-order valence-corrected chi connectivity index (χ4v) is 1.63. The molecule has 0 heterocycles. The number of esters is 1.